The fourth-order valence-corrected chi connectivity index (χ4v) is 1.64. The molecular weight excluding hydrogens is 259 g/mol. The van der Waals surface area contributed by atoms with Crippen LogP contribution in [-0.2, 0) is 0 Å². The van der Waals surface area contributed by atoms with Crippen LogP contribution in [0.25, 0.3) is 0 Å². The molecule has 83 valence electrons. The Morgan fingerprint density at radius 2 is 2.27 bits per heavy atom. The largest absolute Gasteiger partial charge is 0.493 e. The van der Waals surface area contributed by atoms with Crippen molar-refractivity contribution in [2.24, 2.45) is 0 Å². The fraction of sp³-hybridized carbons (Fsp3) is 0.417. The molecule has 0 aliphatic rings. The van der Waals surface area contributed by atoms with Gasteiger partial charge in [0, 0.05) is 16.0 Å². The summed E-state index contributed by atoms with van der Waals surface area (Å²) in [7, 11) is 0. The van der Waals surface area contributed by atoms with Gasteiger partial charge in [-0.15, -0.1) is 0 Å². The highest BCUT2D eigenvalue weighted by atomic mass is 79.9. The molecule has 1 radical (unpaired) electrons. The van der Waals surface area contributed by atoms with Crippen LogP contribution in [0.3, 0.4) is 0 Å². The maximum atomic E-state index is 12.6. The van der Waals surface area contributed by atoms with E-state index in [0.717, 1.165) is 22.2 Å². The molecule has 0 amide bonds. The molecule has 0 spiro atoms. The van der Waals surface area contributed by atoms with Gasteiger partial charge in [0.05, 0.1) is 13.3 Å². The van der Waals surface area contributed by atoms with Crippen LogP contribution in [0.4, 0.5) is 4.39 Å². The average Bonchev–Trinajstić information content (AvgIpc) is 2.26. The molecule has 0 saturated carbocycles. The summed E-state index contributed by atoms with van der Waals surface area (Å²) >= 11 is 3.36. The van der Waals surface area contributed by atoms with Crippen LogP contribution in [0.15, 0.2) is 22.7 Å². The first kappa shape index (κ1) is 12.5. The van der Waals surface area contributed by atoms with Gasteiger partial charge in [0.15, 0.2) is 0 Å². The van der Waals surface area contributed by atoms with Gasteiger partial charge >= 0.3 is 0 Å². The van der Waals surface area contributed by atoms with Crippen LogP contribution in [0.5, 0.6) is 5.75 Å². The zero-order valence-electron chi connectivity index (χ0n) is 8.80. The molecular formula is C12H15BrFO. The zero-order valence-corrected chi connectivity index (χ0v) is 10.4. The second-order valence-corrected chi connectivity index (χ2v) is 4.30. The number of rotatable bonds is 5. The van der Waals surface area contributed by atoms with Crippen molar-refractivity contribution in [2.75, 3.05) is 13.3 Å². The molecule has 0 aromatic heterocycles. The molecule has 1 rings (SSSR count). The van der Waals surface area contributed by atoms with Gasteiger partial charge < -0.3 is 4.74 Å². The molecule has 0 aliphatic heterocycles. The van der Waals surface area contributed by atoms with Crippen molar-refractivity contribution >= 4 is 15.9 Å². The van der Waals surface area contributed by atoms with Gasteiger partial charge in [0.25, 0.3) is 0 Å². The van der Waals surface area contributed by atoms with Gasteiger partial charge in [-0.2, -0.15) is 0 Å². The van der Waals surface area contributed by atoms with Crippen molar-refractivity contribution in [3.63, 3.8) is 0 Å². The molecule has 1 atom stereocenters. The monoisotopic (exact) mass is 273 g/mol. The van der Waals surface area contributed by atoms with Crippen LogP contribution in [0.1, 0.15) is 24.8 Å². The van der Waals surface area contributed by atoms with Crippen LogP contribution >= 0.6 is 15.9 Å². The Labute approximate surface area is 98.8 Å². The first-order chi connectivity index (χ1) is 7.19. The Morgan fingerprint density at radius 3 is 2.87 bits per heavy atom. The summed E-state index contributed by atoms with van der Waals surface area (Å²) in [5, 5.41) is 0. The second kappa shape index (κ2) is 6.11. The Balaban J connectivity index is 2.92. The van der Waals surface area contributed by atoms with Gasteiger partial charge in [0.2, 0.25) is 0 Å². The maximum absolute atomic E-state index is 12.6. The van der Waals surface area contributed by atoms with Crippen LogP contribution < -0.4 is 4.74 Å². The average molecular weight is 274 g/mol. The van der Waals surface area contributed by atoms with Crippen molar-refractivity contribution < 1.29 is 9.13 Å². The summed E-state index contributed by atoms with van der Waals surface area (Å²) < 4.78 is 19.0. The van der Waals surface area contributed by atoms with E-state index in [9.17, 15) is 4.39 Å². The van der Waals surface area contributed by atoms with Gasteiger partial charge in [-0.25, -0.2) is 0 Å². The summed E-state index contributed by atoms with van der Waals surface area (Å²) in [6.45, 7) is 5.97. The van der Waals surface area contributed by atoms with Crippen molar-refractivity contribution in [1.29, 1.82) is 0 Å². The lowest BCUT2D eigenvalue weighted by molar-refractivity contribution is 0.311. The minimum atomic E-state index is -0.473. The first-order valence-corrected chi connectivity index (χ1v) is 5.79. The third-order valence-corrected chi connectivity index (χ3v) is 2.55. The van der Waals surface area contributed by atoms with E-state index in [2.05, 4.69) is 22.9 Å². The van der Waals surface area contributed by atoms with E-state index >= 15 is 0 Å². The van der Waals surface area contributed by atoms with E-state index in [1.807, 2.05) is 25.1 Å². The lowest BCUT2D eigenvalue weighted by Crippen LogP contribution is -2.03. The molecule has 0 saturated heterocycles. The molecule has 0 aliphatic carbocycles. The van der Waals surface area contributed by atoms with Gasteiger partial charge in [-0.1, -0.05) is 22.9 Å². The third-order valence-electron chi connectivity index (χ3n) is 2.06. The normalized spacial score (nSPS) is 12.5. The minimum Gasteiger partial charge on any atom is -0.493 e. The standard InChI is InChI=1S/C12H15BrFO/c1-3-6-15-12-5-4-10(13)7-11(12)9(2)8-14/h4-5,7,9H,2-3,6,8H2,1H3. The summed E-state index contributed by atoms with van der Waals surface area (Å²) in [6.07, 6.45) is 0.937. The molecule has 3 heteroatoms. The summed E-state index contributed by atoms with van der Waals surface area (Å²) in [6, 6.07) is 5.60. The lowest BCUT2D eigenvalue weighted by atomic mass is 10.0. The van der Waals surface area contributed by atoms with Crippen LogP contribution in [-0.4, -0.2) is 13.3 Å². The molecule has 1 unspecified atom stereocenters. The first-order valence-electron chi connectivity index (χ1n) is 5.00. The molecule has 1 aromatic carbocycles. The fourth-order valence-electron chi connectivity index (χ4n) is 1.26. The van der Waals surface area contributed by atoms with Gasteiger partial charge in [-0.05, 0) is 31.5 Å². The lowest BCUT2D eigenvalue weighted by Gasteiger charge is -2.14. The Morgan fingerprint density at radius 1 is 1.53 bits per heavy atom. The molecule has 0 fully saturated rings. The van der Waals surface area contributed by atoms with Crippen LogP contribution in [0, 0.1) is 6.92 Å². The highest BCUT2D eigenvalue weighted by Gasteiger charge is 2.12. The quantitative estimate of drug-likeness (QED) is 0.784. The smallest absolute Gasteiger partial charge is 0.122 e. The number of ether oxygens (including phenoxy) is 1. The topological polar surface area (TPSA) is 9.23 Å². The highest BCUT2D eigenvalue weighted by molar-refractivity contribution is 9.10. The number of hydrogen-bond acceptors (Lipinski definition) is 1. The molecule has 15 heavy (non-hydrogen) atoms. The summed E-state index contributed by atoms with van der Waals surface area (Å²) in [5.74, 6) is 0.368. The number of alkyl halides is 1. The number of halogens is 2. The van der Waals surface area contributed by atoms with Crippen molar-refractivity contribution in [2.45, 2.75) is 19.3 Å². The predicted octanol–water partition coefficient (Wildman–Crippen LogP) is 4.13. The van der Waals surface area contributed by atoms with Crippen molar-refractivity contribution in [3.05, 3.63) is 35.2 Å². The van der Waals surface area contributed by atoms with Crippen LogP contribution in [0.2, 0.25) is 0 Å². The predicted molar refractivity (Wildman–Crippen MR) is 64.0 cm³/mol. The van der Waals surface area contributed by atoms with E-state index in [0.29, 0.717) is 6.61 Å². The highest BCUT2D eigenvalue weighted by Crippen LogP contribution is 2.29. The Hall–Kier alpha value is -0.570. The van der Waals surface area contributed by atoms with Crippen molar-refractivity contribution in [3.8, 4) is 5.75 Å². The summed E-state index contributed by atoms with van der Waals surface area (Å²) in [4.78, 5) is 0. The molecule has 0 bridgehead atoms. The zero-order chi connectivity index (χ0) is 11.3. The molecule has 1 aromatic rings. The SMILES string of the molecule is [CH2]C(CF)c1cc(Br)ccc1OCCC. The molecule has 1 nitrogen and oxygen atoms in total. The van der Waals surface area contributed by atoms with Crippen molar-refractivity contribution in [1.82, 2.24) is 0 Å². The third kappa shape index (κ3) is 3.49. The Bertz CT molecular complexity index is 314. The number of benzene rings is 1. The molecule has 0 N–H and O–H groups in total. The van der Waals surface area contributed by atoms with Gasteiger partial charge in [0.1, 0.15) is 5.75 Å². The summed E-state index contributed by atoms with van der Waals surface area (Å²) in [5.41, 5.74) is 0.820. The molecule has 0 heterocycles. The van der Waals surface area contributed by atoms with E-state index in [1.165, 1.54) is 0 Å². The van der Waals surface area contributed by atoms with E-state index in [1.54, 1.807) is 0 Å². The number of hydrogen-bond donors (Lipinski definition) is 0. The maximum Gasteiger partial charge on any atom is 0.122 e. The van der Waals surface area contributed by atoms with Gasteiger partial charge in [-0.3, -0.25) is 4.39 Å². The van der Waals surface area contributed by atoms with E-state index in [4.69, 9.17) is 4.74 Å². The van der Waals surface area contributed by atoms with E-state index in [-0.39, 0.29) is 5.92 Å². The Kier molecular flexibility index (Phi) is 5.09. The van der Waals surface area contributed by atoms with E-state index < -0.39 is 6.67 Å². The minimum absolute atomic E-state index is 0.366. The second-order valence-electron chi connectivity index (χ2n) is 3.38.